The summed E-state index contributed by atoms with van der Waals surface area (Å²) in [4.78, 5) is 7.90. The molecular weight excluding hydrogens is 335 g/mol. The second-order valence-electron chi connectivity index (χ2n) is 5.59. The highest BCUT2D eigenvalue weighted by Gasteiger charge is 2.07. The molecule has 0 atom stereocenters. The Kier molecular flexibility index (Phi) is 4.94. The number of nitriles is 1. The van der Waals surface area contributed by atoms with Crippen molar-refractivity contribution in [2.45, 2.75) is 6.42 Å². The van der Waals surface area contributed by atoms with E-state index in [4.69, 9.17) is 5.26 Å². The number of phenols is 1. The molecule has 1 heterocycles. The maximum Gasteiger partial charge on any atom is 0.316 e. The SMILES string of the molecule is N#Cc1cccc(-c2cc(NCCc3ccc(O)c(F)c3)nc(O)n2)c1. The third-order valence-electron chi connectivity index (χ3n) is 3.73. The molecule has 0 aliphatic rings. The van der Waals surface area contributed by atoms with Crippen LogP contribution in [0.15, 0.2) is 48.5 Å². The van der Waals surface area contributed by atoms with Crippen molar-refractivity contribution < 1.29 is 14.6 Å². The maximum absolute atomic E-state index is 13.3. The van der Waals surface area contributed by atoms with Crippen molar-refractivity contribution in [3.8, 4) is 29.1 Å². The van der Waals surface area contributed by atoms with E-state index in [1.807, 2.05) is 0 Å². The van der Waals surface area contributed by atoms with E-state index >= 15 is 0 Å². The zero-order valence-corrected chi connectivity index (χ0v) is 13.6. The molecule has 6 nitrogen and oxygen atoms in total. The first-order valence-electron chi connectivity index (χ1n) is 7.85. The highest BCUT2D eigenvalue weighted by molar-refractivity contribution is 5.64. The van der Waals surface area contributed by atoms with E-state index in [-0.39, 0.29) is 11.8 Å². The molecule has 0 unspecified atom stereocenters. The highest BCUT2D eigenvalue weighted by atomic mass is 19.1. The predicted molar refractivity (Wildman–Crippen MR) is 94.1 cm³/mol. The lowest BCUT2D eigenvalue weighted by molar-refractivity contribution is 0.431. The van der Waals surface area contributed by atoms with Gasteiger partial charge in [-0.1, -0.05) is 18.2 Å². The van der Waals surface area contributed by atoms with Gasteiger partial charge in [0.1, 0.15) is 5.82 Å². The van der Waals surface area contributed by atoms with Gasteiger partial charge in [-0.2, -0.15) is 15.2 Å². The first kappa shape index (κ1) is 17.2. The summed E-state index contributed by atoms with van der Waals surface area (Å²) >= 11 is 0. The molecule has 0 bridgehead atoms. The van der Waals surface area contributed by atoms with Gasteiger partial charge >= 0.3 is 6.01 Å². The van der Waals surface area contributed by atoms with Gasteiger partial charge in [0.25, 0.3) is 0 Å². The van der Waals surface area contributed by atoms with Crippen molar-refractivity contribution >= 4 is 5.82 Å². The van der Waals surface area contributed by atoms with Crippen LogP contribution < -0.4 is 5.32 Å². The Morgan fingerprint density at radius 3 is 2.69 bits per heavy atom. The summed E-state index contributed by atoms with van der Waals surface area (Å²) in [6, 6.07) is 14.4. The molecule has 0 radical (unpaired) electrons. The number of aromatic nitrogens is 2. The Labute approximate surface area is 149 Å². The Balaban J connectivity index is 1.73. The molecule has 3 aromatic rings. The van der Waals surface area contributed by atoms with Crippen molar-refractivity contribution in [3.05, 3.63) is 65.5 Å². The third kappa shape index (κ3) is 4.05. The number of rotatable bonds is 5. The molecule has 26 heavy (non-hydrogen) atoms. The molecule has 7 heteroatoms. The number of halogens is 1. The number of benzene rings is 2. The van der Waals surface area contributed by atoms with E-state index in [1.165, 1.54) is 12.1 Å². The van der Waals surface area contributed by atoms with E-state index in [1.54, 1.807) is 36.4 Å². The van der Waals surface area contributed by atoms with E-state index in [9.17, 15) is 14.6 Å². The number of phenolic OH excluding ortho intramolecular Hbond substituents is 1. The van der Waals surface area contributed by atoms with E-state index in [0.29, 0.717) is 41.2 Å². The number of anilines is 1. The molecule has 0 aliphatic carbocycles. The third-order valence-corrected chi connectivity index (χ3v) is 3.73. The summed E-state index contributed by atoms with van der Waals surface area (Å²) in [5, 5.41) is 31.0. The van der Waals surface area contributed by atoms with E-state index in [0.717, 1.165) is 0 Å². The molecule has 1 aromatic heterocycles. The highest BCUT2D eigenvalue weighted by Crippen LogP contribution is 2.23. The Morgan fingerprint density at radius 1 is 1.08 bits per heavy atom. The molecule has 2 aromatic carbocycles. The van der Waals surface area contributed by atoms with Crippen molar-refractivity contribution in [2.24, 2.45) is 0 Å². The Hall–Kier alpha value is -3.66. The minimum absolute atomic E-state index is 0.383. The first-order valence-corrected chi connectivity index (χ1v) is 7.85. The van der Waals surface area contributed by atoms with Crippen molar-refractivity contribution in [3.63, 3.8) is 0 Å². The lowest BCUT2D eigenvalue weighted by Crippen LogP contribution is -2.07. The molecule has 130 valence electrons. The van der Waals surface area contributed by atoms with E-state index in [2.05, 4.69) is 21.4 Å². The molecule has 0 saturated heterocycles. The molecule has 0 saturated carbocycles. The molecule has 0 aliphatic heterocycles. The van der Waals surface area contributed by atoms with Gasteiger partial charge in [-0.15, -0.1) is 0 Å². The first-order chi connectivity index (χ1) is 12.5. The maximum atomic E-state index is 13.3. The Morgan fingerprint density at radius 2 is 1.92 bits per heavy atom. The van der Waals surface area contributed by atoms with Crippen LogP contribution in [0.4, 0.5) is 10.2 Å². The molecular formula is C19H15FN4O2. The van der Waals surface area contributed by atoms with Gasteiger partial charge in [0.05, 0.1) is 17.3 Å². The average molecular weight is 350 g/mol. The Bertz CT molecular complexity index is 986. The molecule has 0 amide bonds. The summed E-state index contributed by atoms with van der Waals surface area (Å²) in [6.07, 6.45) is 0.501. The fourth-order valence-electron chi connectivity index (χ4n) is 2.46. The number of nitrogens with zero attached hydrogens (tertiary/aromatic N) is 3. The molecule has 0 fully saturated rings. The standard InChI is InChI=1S/C19H15FN4O2/c20-15-9-12(4-5-17(15)25)6-7-22-18-10-16(23-19(26)24-18)14-3-1-2-13(8-14)11-21/h1-5,8-10,25H,6-7H2,(H2,22,23,24,26). The molecule has 0 spiro atoms. The number of hydrogen-bond donors (Lipinski definition) is 3. The predicted octanol–water partition coefficient (Wildman–Crippen LogP) is 3.22. The second kappa shape index (κ2) is 7.49. The van der Waals surface area contributed by atoms with Gasteiger partial charge in [-0.25, -0.2) is 4.39 Å². The summed E-state index contributed by atoms with van der Waals surface area (Å²) < 4.78 is 13.3. The van der Waals surface area contributed by atoms with Gasteiger partial charge in [0.2, 0.25) is 0 Å². The zero-order chi connectivity index (χ0) is 18.5. The van der Waals surface area contributed by atoms with Gasteiger partial charge in [0, 0.05) is 18.2 Å². The summed E-state index contributed by atoms with van der Waals surface area (Å²) in [6.45, 7) is 0.443. The van der Waals surface area contributed by atoms with Gasteiger partial charge in [-0.3, -0.25) is 0 Å². The van der Waals surface area contributed by atoms with Crippen LogP contribution in [0.3, 0.4) is 0 Å². The van der Waals surface area contributed by atoms with Crippen LogP contribution in [0.25, 0.3) is 11.3 Å². The largest absolute Gasteiger partial charge is 0.505 e. The minimum Gasteiger partial charge on any atom is -0.505 e. The number of nitrogens with one attached hydrogen (secondary N) is 1. The van der Waals surface area contributed by atoms with E-state index < -0.39 is 5.82 Å². The van der Waals surface area contributed by atoms with Crippen LogP contribution in [0.1, 0.15) is 11.1 Å². The van der Waals surface area contributed by atoms with Gasteiger partial charge in [0.15, 0.2) is 11.6 Å². The van der Waals surface area contributed by atoms with Crippen LogP contribution in [-0.4, -0.2) is 26.7 Å². The topological polar surface area (TPSA) is 102 Å². The smallest absolute Gasteiger partial charge is 0.316 e. The lowest BCUT2D eigenvalue weighted by Gasteiger charge is -2.09. The molecule has 3 N–H and O–H groups in total. The van der Waals surface area contributed by atoms with Crippen LogP contribution >= 0.6 is 0 Å². The second-order valence-corrected chi connectivity index (χ2v) is 5.59. The minimum atomic E-state index is -0.665. The van der Waals surface area contributed by atoms with Crippen LogP contribution in [0.5, 0.6) is 11.8 Å². The summed E-state index contributed by atoms with van der Waals surface area (Å²) in [7, 11) is 0. The van der Waals surface area contributed by atoms with Crippen LogP contribution in [0.2, 0.25) is 0 Å². The fourth-order valence-corrected chi connectivity index (χ4v) is 2.46. The van der Waals surface area contributed by atoms with Crippen molar-refractivity contribution in [1.82, 2.24) is 9.97 Å². The van der Waals surface area contributed by atoms with Gasteiger partial charge in [-0.05, 0) is 36.2 Å². The fraction of sp³-hybridized carbons (Fsp3) is 0.105. The average Bonchev–Trinajstić information content (AvgIpc) is 2.64. The number of hydrogen-bond acceptors (Lipinski definition) is 6. The number of aromatic hydroxyl groups is 2. The monoisotopic (exact) mass is 350 g/mol. The van der Waals surface area contributed by atoms with Crippen molar-refractivity contribution in [2.75, 3.05) is 11.9 Å². The normalized spacial score (nSPS) is 10.3. The van der Waals surface area contributed by atoms with Crippen LogP contribution in [-0.2, 0) is 6.42 Å². The quantitative estimate of drug-likeness (QED) is 0.653. The summed E-state index contributed by atoms with van der Waals surface area (Å²) in [5.74, 6) is -0.636. The lowest BCUT2D eigenvalue weighted by atomic mass is 10.1. The summed E-state index contributed by atoms with van der Waals surface area (Å²) in [5.41, 5.74) is 2.37. The van der Waals surface area contributed by atoms with Crippen molar-refractivity contribution in [1.29, 1.82) is 5.26 Å². The van der Waals surface area contributed by atoms with Crippen LogP contribution in [0, 0.1) is 17.1 Å². The zero-order valence-electron chi connectivity index (χ0n) is 13.6. The molecule has 3 rings (SSSR count). The van der Waals surface area contributed by atoms with Gasteiger partial charge < -0.3 is 15.5 Å².